The second-order valence-corrected chi connectivity index (χ2v) is 3.02. The summed E-state index contributed by atoms with van der Waals surface area (Å²) in [6.45, 7) is 4.57. The molecule has 0 amide bonds. The van der Waals surface area contributed by atoms with Crippen LogP contribution in [0.1, 0.15) is 20.3 Å². The summed E-state index contributed by atoms with van der Waals surface area (Å²) >= 11 is 5.65. The topological polar surface area (TPSA) is 34.5 Å². The lowest BCUT2D eigenvalue weighted by atomic mass is 10.4. The highest BCUT2D eigenvalue weighted by Crippen LogP contribution is 2.13. The van der Waals surface area contributed by atoms with Gasteiger partial charge >= 0.3 is 0 Å². The van der Waals surface area contributed by atoms with E-state index >= 15 is 0 Å². The Morgan fingerprint density at radius 3 is 2.79 bits per heavy atom. The molecule has 0 spiro atoms. The van der Waals surface area contributed by atoms with E-state index in [2.05, 4.69) is 9.98 Å². The van der Waals surface area contributed by atoms with Gasteiger partial charge in [-0.05, 0) is 19.1 Å². The molecule has 0 aliphatic carbocycles. The number of aromatic nitrogens is 1. The van der Waals surface area contributed by atoms with Gasteiger partial charge in [-0.3, -0.25) is 0 Å². The number of ether oxygens (including phenoxy) is 1. The Labute approximate surface area is 88.8 Å². The van der Waals surface area contributed by atoms with Crippen molar-refractivity contribution in [3.8, 4) is 0 Å². The Morgan fingerprint density at radius 1 is 1.50 bits per heavy atom. The first-order valence-corrected chi connectivity index (χ1v) is 4.96. The van der Waals surface area contributed by atoms with Crippen LogP contribution in [0.3, 0.4) is 0 Å². The molecular formula is C10H13ClN2O. The third-order valence-corrected chi connectivity index (χ3v) is 1.80. The molecule has 76 valence electrons. The van der Waals surface area contributed by atoms with Crippen LogP contribution in [0.4, 0.5) is 5.69 Å². The van der Waals surface area contributed by atoms with Gasteiger partial charge in [-0.1, -0.05) is 18.5 Å². The summed E-state index contributed by atoms with van der Waals surface area (Å²) in [5.41, 5.74) is 0.764. The summed E-state index contributed by atoms with van der Waals surface area (Å²) in [4.78, 5) is 8.21. The highest BCUT2D eigenvalue weighted by atomic mass is 35.5. The fourth-order valence-electron chi connectivity index (χ4n) is 0.958. The highest BCUT2D eigenvalue weighted by molar-refractivity contribution is 6.29. The van der Waals surface area contributed by atoms with Crippen LogP contribution in [-0.4, -0.2) is 17.5 Å². The smallest absolute Gasteiger partial charge is 0.188 e. The second-order valence-electron chi connectivity index (χ2n) is 2.63. The first-order valence-electron chi connectivity index (χ1n) is 4.58. The standard InChI is InChI=1S/C10H13ClN2O/c1-3-10(14-4-2)13-8-5-6-9(11)12-7-8/h5-7H,3-4H2,1-2H3. The maximum Gasteiger partial charge on any atom is 0.188 e. The third kappa shape index (κ3) is 3.34. The van der Waals surface area contributed by atoms with Gasteiger partial charge in [-0.25, -0.2) is 9.98 Å². The minimum atomic E-state index is 0.471. The summed E-state index contributed by atoms with van der Waals surface area (Å²) in [5, 5.41) is 0.471. The van der Waals surface area contributed by atoms with E-state index in [1.165, 1.54) is 0 Å². The van der Waals surface area contributed by atoms with Gasteiger partial charge in [0.1, 0.15) is 5.15 Å². The molecule has 0 radical (unpaired) electrons. The van der Waals surface area contributed by atoms with Crippen molar-refractivity contribution in [2.24, 2.45) is 4.99 Å². The SMILES string of the molecule is CCOC(CC)=Nc1ccc(Cl)nc1. The van der Waals surface area contributed by atoms with Gasteiger partial charge in [0.15, 0.2) is 5.90 Å². The lowest BCUT2D eigenvalue weighted by Gasteiger charge is -2.03. The van der Waals surface area contributed by atoms with Gasteiger partial charge in [0.2, 0.25) is 0 Å². The van der Waals surface area contributed by atoms with E-state index in [-0.39, 0.29) is 0 Å². The van der Waals surface area contributed by atoms with E-state index in [0.717, 1.165) is 18.0 Å². The molecule has 0 atom stereocenters. The zero-order chi connectivity index (χ0) is 10.4. The number of hydrogen-bond donors (Lipinski definition) is 0. The van der Waals surface area contributed by atoms with Crippen LogP contribution in [0.15, 0.2) is 23.3 Å². The van der Waals surface area contributed by atoms with Crippen LogP contribution in [0, 0.1) is 0 Å². The molecular weight excluding hydrogens is 200 g/mol. The van der Waals surface area contributed by atoms with E-state index in [1.54, 1.807) is 12.3 Å². The average Bonchev–Trinajstić information content (AvgIpc) is 2.20. The summed E-state index contributed by atoms with van der Waals surface area (Å²) in [5.74, 6) is 0.719. The molecule has 0 bridgehead atoms. The Bertz CT molecular complexity index is 308. The van der Waals surface area contributed by atoms with Gasteiger partial charge in [0.25, 0.3) is 0 Å². The van der Waals surface area contributed by atoms with Crippen molar-refractivity contribution in [1.82, 2.24) is 4.98 Å². The molecule has 1 heterocycles. The number of rotatable bonds is 3. The molecule has 0 fully saturated rings. The van der Waals surface area contributed by atoms with Crippen molar-refractivity contribution >= 4 is 23.2 Å². The summed E-state index contributed by atoms with van der Waals surface area (Å²) in [7, 11) is 0. The van der Waals surface area contributed by atoms with Gasteiger partial charge in [0.05, 0.1) is 18.5 Å². The van der Waals surface area contributed by atoms with E-state index in [9.17, 15) is 0 Å². The molecule has 1 rings (SSSR count). The molecule has 0 N–H and O–H groups in total. The zero-order valence-corrected chi connectivity index (χ0v) is 9.08. The molecule has 0 saturated carbocycles. The Balaban J connectivity index is 2.78. The van der Waals surface area contributed by atoms with Crippen LogP contribution >= 0.6 is 11.6 Å². The van der Waals surface area contributed by atoms with Crippen molar-refractivity contribution in [1.29, 1.82) is 0 Å². The molecule has 1 aromatic heterocycles. The predicted molar refractivity (Wildman–Crippen MR) is 58.3 cm³/mol. The van der Waals surface area contributed by atoms with E-state index in [1.807, 2.05) is 19.9 Å². The lowest BCUT2D eigenvalue weighted by molar-refractivity contribution is 0.319. The maximum absolute atomic E-state index is 5.65. The molecule has 1 aromatic rings. The summed E-state index contributed by atoms with van der Waals surface area (Å²) in [6, 6.07) is 3.52. The molecule has 0 unspecified atom stereocenters. The van der Waals surface area contributed by atoms with Gasteiger partial charge in [0, 0.05) is 6.42 Å². The summed E-state index contributed by atoms with van der Waals surface area (Å²) in [6.07, 6.45) is 2.40. The monoisotopic (exact) mass is 212 g/mol. The number of halogens is 1. The van der Waals surface area contributed by atoms with Crippen LogP contribution in [-0.2, 0) is 4.74 Å². The van der Waals surface area contributed by atoms with Gasteiger partial charge in [-0.2, -0.15) is 0 Å². The number of aliphatic imine (C=N–C) groups is 1. The number of nitrogens with zero attached hydrogens (tertiary/aromatic N) is 2. The first kappa shape index (κ1) is 11.0. The molecule has 14 heavy (non-hydrogen) atoms. The quantitative estimate of drug-likeness (QED) is 0.438. The lowest BCUT2D eigenvalue weighted by Crippen LogP contribution is -2.01. The van der Waals surface area contributed by atoms with E-state index < -0.39 is 0 Å². The molecule has 3 nitrogen and oxygen atoms in total. The third-order valence-electron chi connectivity index (χ3n) is 1.58. The normalized spacial score (nSPS) is 11.5. The van der Waals surface area contributed by atoms with Gasteiger partial charge < -0.3 is 4.74 Å². The minimum Gasteiger partial charge on any atom is -0.481 e. The van der Waals surface area contributed by atoms with Crippen molar-refractivity contribution in [2.75, 3.05) is 6.61 Å². The van der Waals surface area contributed by atoms with Crippen LogP contribution < -0.4 is 0 Å². The minimum absolute atomic E-state index is 0.471. The average molecular weight is 213 g/mol. The molecule has 0 aliphatic heterocycles. The van der Waals surface area contributed by atoms with Gasteiger partial charge in [-0.15, -0.1) is 0 Å². The zero-order valence-electron chi connectivity index (χ0n) is 8.33. The van der Waals surface area contributed by atoms with Crippen molar-refractivity contribution in [2.45, 2.75) is 20.3 Å². The number of hydrogen-bond acceptors (Lipinski definition) is 3. The summed E-state index contributed by atoms with van der Waals surface area (Å²) < 4.78 is 5.31. The fraction of sp³-hybridized carbons (Fsp3) is 0.400. The van der Waals surface area contributed by atoms with E-state index in [0.29, 0.717) is 11.8 Å². The Kier molecular flexibility index (Phi) is 4.40. The van der Waals surface area contributed by atoms with Crippen molar-refractivity contribution in [3.05, 3.63) is 23.5 Å². The highest BCUT2D eigenvalue weighted by Gasteiger charge is 1.97. The largest absolute Gasteiger partial charge is 0.481 e. The number of pyridine rings is 1. The molecule has 0 saturated heterocycles. The van der Waals surface area contributed by atoms with Crippen molar-refractivity contribution in [3.63, 3.8) is 0 Å². The predicted octanol–water partition coefficient (Wildman–Crippen LogP) is 3.21. The fourth-order valence-corrected chi connectivity index (χ4v) is 1.07. The first-order chi connectivity index (χ1) is 6.76. The van der Waals surface area contributed by atoms with Crippen LogP contribution in [0.2, 0.25) is 5.15 Å². The molecule has 0 aliphatic rings. The maximum atomic E-state index is 5.65. The molecule has 0 aromatic carbocycles. The van der Waals surface area contributed by atoms with Crippen molar-refractivity contribution < 1.29 is 4.74 Å². The van der Waals surface area contributed by atoms with Crippen LogP contribution in [0.25, 0.3) is 0 Å². The Morgan fingerprint density at radius 2 is 2.29 bits per heavy atom. The van der Waals surface area contributed by atoms with E-state index in [4.69, 9.17) is 16.3 Å². The second kappa shape index (κ2) is 5.60. The molecule has 4 heteroatoms. The Hall–Kier alpha value is -1.09. The van der Waals surface area contributed by atoms with Crippen LogP contribution in [0.5, 0.6) is 0 Å².